The second kappa shape index (κ2) is 7.15. The van der Waals surface area contributed by atoms with E-state index < -0.39 is 5.82 Å². The summed E-state index contributed by atoms with van der Waals surface area (Å²) in [6.45, 7) is 0.860. The van der Waals surface area contributed by atoms with Gasteiger partial charge in [-0.3, -0.25) is 9.69 Å². The number of carbonyl (C=O) groups is 1. The first-order chi connectivity index (χ1) is 9.99. The number of ketones is 1. The van der Waals surface area contributed by atoms with Crippen molar-refractivity contribution in [2.45, 2.75) is 6.54 Å². The summed E-state index contributed by atoms with van der Waals surface area (Å²) in [5.41, 5.74) is 1.41. The van der Waals surface area contributed by atoms with Crippen LogP contribution in [0, 0.1) is 5.82 Å². The zero-order valence-corrected chi connectivity index (χ0v) is 14.1. The van der Waals surface area contributed by atoms with E-state index in [0.29, 0.717) is 12.3 Å². The molecule has 0 aliphatic heterocycles. The summed E-state index contributed by atoms with van der Waals surface area (Å²) in [4.78, 5) is 14.2. The third kappa shape index (κ3) is 4.36. The summed E-state index contributed by atoms with van der Waals surface area (Å²) in [6.07, 6.45) is 0. The number of hydrogen-bond acceptors (Lipinski definition) is 4. The first kappa shape index (κ1) is 16.1. The number of hydrogen-bond donors (Lipinski definition) is 0. The van der Waals surface area contributed by atoms with Crippen LogP contribution in [0.1, 0.15) is 15.9 Å². The Morgan fingerprint density at radius 2 is 2.19 bits per heavy atom. The van der Waals surface area contributed by atoms with Gasteiger partial charge in [-0.25, -0.2) is 4.39 Å². The topological polar surface area (TPSA) is 29.5 Å². The fourth-order valence-corrected chi connectivity index (χ4v) is 3.23. The summed E-state index contributed by atoms with van der Waals surface area (Å²) < 4.78 is 19.5. The van der Waals surface area contributed by atoms with Gasteiger partial charge in [-0.15, -0.1) is 11.3 Å². The molecule has 6 heteroatoms. The van der Waals surface area contributed by atoms with Gasteiger partial charge in [0.05, 0.1) is 23.0 Å². The molecular formula is C15H15BrFNO2S. The van der Waals surface area contributed by atoms with Crippen molar-refractivity contribution in [2.75, 3.05) is 20.7 Å². The molecule has 3 nitrogen and oxygen atoms in total. The second-order valence-electron chi connectivity index (χ2n) is 4.70. The Balaban J connectivity index is 2.05. The molecule has 1 aromatic heterocycles. The Labute approximate surface area is 135 Å². The SMILES string of the molecule is COc1ccc(F)cc1C(=O)CN(C)Cc1csc(Br)c1. The Hall–Kier alpha value is -1.24. The molecule has 0 unspecified atom stereocenters. The number of rotatable bonds is 6. The third-order valence-electron chi connectivity index (χ3n) is 2.95. The van der Waals surface area contributed by atoms with E-state index in [0.717, 1.165) is 9.35 Å². The largest absolute Gasteiger partial charge is 0.496 e. The second-order valence-corrected chi connectivity index (χ2v) is 6.99. The Kier molecular flexibility index (Phi) is 5.50. The fourth-order valence-electron chi connectivity index (χ4n) is 2.02. The highest BCUT2D eigenvalue weighted by Crippen LogP contribution is 2.22. The molecule has 0 N–H and O–H groups in total. The molecule has 2 aromatic rings. The van der Waals surface area contributed by atoms with Crippen LogP contribution >= 0.6 is 27.3 Å². The first-order valence-corrected chi connectivity index (χ1v) is 7.95. The Morgan fingerprint density at radius 1 is 1.43 bits per heavy atom. The molecule has 21 heavy (non-hydrogen) atoms. The molecule has 1 aromatic carbocycles. The molecular weight excluding hydrogens is 357 g/mol. The van der Waals surface area contributed by atoms with Gasteiger partial charge in [0.15, 0.2) is 5.78 Å². The highest BCUT2D eigenvalue weighted by Gasteiger charge is 2.15. The standard InChI is InChI=1S/C15H15BrFNO2S/c1-18(7-10-5-15(16)21-9-10)8-13(19)12-6-11(17)3-4-14(12)20-2/h3-6,9H,7-8H2,1-2H3. The van der Waals surface area contributed by atoms with E-state index in [4.69, 9.17) is 4.74 Å². The summed E-state index contributed by atoms with van der Waals surface area (Å²) >= 11 is 5.02. The monoisotopic (exact) mass is 371 g/mol. The highest BCUT2D eigenvalue weighted by atomic mass is 79.9. The Morgan fingerprint density at radius 3 is 2.81 bits per heavy atom. The van der Waals surface area contributed by atoms with E-state index in [-0.39, 0.29) is 17.9 Å². The van der Waals surface area contributed by atoms with Crippen LogP contribution in [0.15, 0.2) is 33.4 Å². The van der Waals surface area contributed by atoms with E-state index in [1.165, 1.54) is 25.3 Å². The maximum Gasteiger partial charge on any atom is 0.180 e. The molecule has 1 heterocycles. The average Bonchev–Trinajstić information content (AvgIpc) is 2.83. The summed E-state index contributed by atoms with van der Waals surface area (Å²) in [7, 11) is 3.33. The maximum absolute atomic E-state index is 13.3. The first-order valence-electron chi connectivity index (χ1n) is 6.28. The average molecular weight is 372 g/mol. The molecule has 0 radical (unpaired) electrons. The zero-order chi connectivity index (χ0) is 15.4. The fraction of sp³-hybridized carbons (Fsp3) is 0.267. The van der Waals surface area contributed by atoms with Gasteiger partial charge < -0.3 is 4.74 Å². The van der Waals surface area contributed by atoms with Crippen molar-refractivity contribution in [2.24, 2.45) is 0 Å². The number of benzene rings is 1. The molecule has 112 valence electrons. The molecule has 0 bridgehead atoms. The van der Waals surface area contributed by atoms with Crippen molar-refractivity contribution >= 4 is 33.0 Å². The van der Waals surface area contributed by atoms with Crippen molar-refractivity contribution in [3.8, 4) is 5.75 Å². The lowest BCUT2D eigenvalue weighted by molar-refractivity contribution is 0.0939. The van der Waals surface area contributed by atoms with Gasteiger partial charge in [0.2, 0.25) is 0 Å². The molecule has 0 spiro atoms. The van der Waals surface area contributed by atoms with Gasteiger partial charge in [0.1, 0.15) is 11.6 Å². The van der Waals surface area contributed by atoms with Crippen LogP contribution in [0.2, 0.25) is 0 Å². The van der Waals surface area contributed by atoms with Crippen LogP contribution in [0.3, 0.4) is 0 Å². The molecule has 0 saturated carbocycles. The van der Waals surface area contributed by atoms with Crippen molar-refractivity contribution in [1.82, 2.24) is 4.90 Å². The number of nitrogens with zero attached hydrogens (tertiary/aromatic N) is 1. The lowest BCUT2D eigenvalue weighted by Crippen LogP contribution is -2.25. The van der Waals surface area contributed by atoms with E-state index in [1.54, 1.807) is 11.3 Å². The van der Waals surface area contributed by atoms with Gasteiger partial charge in [-0.2, -0.15) is 0 Å². The normalized spacial score (nSPS) is 10.9. The number of methoxy groups -OCH3 is 1. The number of ether oxygens (including phenoxy) is 1. The molecule has 0 fully saturated rings. The summed E-state index contributed by atoms with van der Waals surface area (Å²) in [5, 5.41) is 2.04. The predicted molar refractivity (Wildman–Crippen MR) is 85.6 cm³/mol. The van der Waals surface area contributed by atoms with E-state index in [9.17, 15) is 9.18 Å². The van der Waals surface area contributed by atoms with Crippen molar-refractivity contribution < 1.29 is 13.9 Å². The minimum atomic E-state index is -0.441. The summed E-state index contributed by atoms with van der Waals surface area (Å²) in [5.74, 6) is -0.209. The van der Waals surface area contributed by atoms with Gasteiger partial charge in [-0.1, -0.05) is 0 Å². The molecule has 2 rings (SSSR count). The zero-order valence-electron chi connectivity index (χ0n) is 11.7. The number of carbonyl (C=O) groups excluding carboxylic acids is 1. The quantitative estimate of drug-likeness (QED) is 0.719. The number of Topliss-reactive ketones (excluding diaryl/α,β-unsaturated/α-hetero) is 1. The van der Waals surface area contributed by atoms with Crippen LogP contribution < -0.4 is 4.74 Å². The highest BCUT2D eigenvalue weighted by molar-refractivity contribution is 9.11. The van der Waals surface area contributed by atoms with Gasteiger partial charge in [-0.05, 0) is 58.2 Å². The number of halogens is 2. The van der Waals surface area contributed by atoms with Gasteiger partial charge in [0.25, 0.3) is 0 Å². The van der Waals surface area contributed by atoms with Crippen molar-refractivity contribution in [3.05, 3.63) is 50.4 Å². The van der Waals surface area contributed by atoms with Gasteiger partial charge in [0, 0.05) is 6.54 Å². The number of thiophene rings is 1. The predicted octanol–water partition coefficient (Wildman–Crippen LogP) is 3.97. The lowest BCUT2D eigenvalue weighted by Gasteiger charge is -2.16. The van der Waals surface area contributed by atoms with Crippen molar-refractivity contribution in [3.63, 3.8) is 0 Å². The lowest BCUT2D eigenvalue weighted by atomic mass is 10.1. The summed E-state index contributed by atoms with van der Waals surface area (Å²) in [6, 6.07) is 5.99. The minimum absolute atomic E-state index is 0.164. The van der Waals surface area contributed by atoms with Gasteiger partial charge >= 0.3 is 0 Å². The van der Waals surface area contributed by atoms with E-state index in [1.807, 2.05) is 23.4 Å². The molecule has 0 saturated heterocycles. The van der Waals surface area contributed by atoms with Crippen LogP contribution in [0.25, 0.3) is 0 Å². The smallest absolute Gasteiger partial charge is 0.180 e. The third-order valence-corrected chi connectivity index (χ3v) is 4.50. The Bertz CT molecular complexity index is 644. The molecule has 0 aliphatic rings. The molecule has 0 amide bonds. The van der Waals surface area contributed by atoms with Crippen molar-refractivity contribution in [1.29, 1.82) is 0 Å². The molecule has 0 aliphatic carbocycles. The van der Waals surface area contributed by atoms with E-state index in [2.05, 4.69) is 15.9 Å². The number of likely N-dealkylation sites (N-methyl/N-ethyl adjacent to an activating group) is 1. The van der Waals surface area contributed by atoms with Crippen LogP contribution in [0.4, 0.5) is 4.39 Å². The minimum Gasteiger partial charge on any atom is -0.496 e. The van der Waals surface area contributed by atoms with Crippen LogP contribution in [-0.4, -0.2) is 31.4 Å². The van der Waals surface area contributed by atoms with E-state index >= 15 is 0 Å². The van der Waals surface area contributed by atoms with Crippen LogP contribution in [0.5, 0.6) is 5.75 Å². The maximum atomic E-state index is 13.3. The molecule has 0 atom stereocenters. The van der Waals surface area contributed by atoms with Crippen LogP contribution in [-0.2, 0) is 6.54 Å².